The molecule has 4 rings (SSSR count). The summed E-state index contributed by atoms with van der Waals surface area (Å²) in [5, 5.41) is 9.06. The van der Waals surface area contributed by atoms with Gasteiger partial charge < -0.3 is 25.2 Å². The van der Waals surface area contributed by atoms with Crippen LogP contribution in [-0.2, 0) is 11.2 Å². The number of hydrogen-bond acceptors (Lipinski definition) is 6. The van der Waals surface area contributed by atoms with Crippen LogP contribution in [0.3, 0.4) is 0 Å². The minimum atomic E-state index is -4.78. The number of carboxylic acids is 1. The summed E-state index contributed by atoms with van der Waals surface area (Å²) in [5.41, 5.74) is 7.52. The van der Waals surface area contributed by atoms with Crippen LogP contribution in [0.2, 0.25) is 0 Å². The Morgan fingerprint density at radius 3 is 2.21 bits per heavy atom. The van der Waals surface area contributed by atoms with Crippen LogP contribution in [0.1, 0.15) is 39.1 Å². The molecule has 204 valence electrons. The molecule has 2 aromatic carbocycles. The lowest BCUT2D eigenvalue weighted by Crippen LogP contribution is -2.42. The van der Waals surface area contributed by atoms with E-state index in [-0.39, 0.29) is 41.2 Å². The molecule has 0 atom stereocenters. The summed E-state index contributed by atoms with van der Waals surface area (Å²) in [6.45, 7) is 0.775. The molecular weight excluding hydrogens is 519 g/mol. The van der Waals surface area contributed by atoms with E-state index in [0.717, 1.165) is 12.1 Å². The number of alkyl halides is 3. The van der Waals surface area contributed by atoms with Crippen molar-refractivity contribution in [1.29, 1.82) is 0 Å². The van der Waals surface area contributed by atoms with Gasteiger partial charge in [-0.3, -0.25) is 9.59 Å². The lowest BCUT2D eigenvalue weighted by atomic mass is 10.0. The first-order chi connectivity index (χ1) is 18.5. The number of hydrogen-bond donors (Lipinski definition) is 2. The SMILES string of the molecule is NC(=O)c1cc(-c2ccc(C(=O)O)cc2)cnc1OC1CCN(C(=O)Cc2ccc(OC(F)(F)F)cc2)CC1. The number of carbonyl (C=O) groups is 3. The van der Waals surface area contributed by atoms with Crippen LogP contribution < -0.4 is 15.2 Å². The highest BCUT2D eigenvalue weighted by atomic mass is 19.4. The Hall–Kier alpha value is -4.61. The number of benzene rings is 2. The van der Waals surface area contributed by atoms with Crippen molar-refractivity contribution in [2.45, 2.75) is 31.7 Å². The average Bonchev–Trinajstić information content (AvgIpc) is 2.89. The number of aromatic carboxylic acids is 1. The van der Waals surface area contributed by atoms with E-state index in [0.29, 0.717) is 42.6 Å². The third-order valence-electron chi connectivity index (χ3n) is 6.17. The van der Waals surface area contributed by atoms with E-state index >= 15 is 0 Å². The zero-order valence-corrected chi connectivity index (χ0v) is 20.5. The van der Waals surface area contributed by atoms with Crippen LogP contribution in [0.4, 0.5) is 13.2 Å². The van der Waals surface area contributed by atoms with Crippen molar-refractivity contribution in [2.24, 2.45) is 5.73 Å². The standard InChI is InChI=1S/C27H24F3N3O6/c28-27(29,30)39-21-7-1-16(2-8-21)13-23(34)33-11-9-20(10-12-33)38-25-22(24(31)35)14-19(15-32-25)17-3-5-18(6-4-17)26(36)37/h1-8,14-15,20H,9-13H2,(H2,31,35)(H,36,37). The molecule has 0 spiro atoms. The van der Waals surface area contributed by atoms with E-state index in [1.807, 2.05) is 0 Å². The molecule has 2 heterocycles. The molecule has 39 heavy (non-hydrogen) atoms. The van der Waals surface area contributed by atoms with Gasteiger partial charge in [0.15, 0.2) is 0 Å². The number of pyridine rings is 1. The zero-order valence-electron chi connectivity index (χ0n) is 20.5. The fourth-order valence-electron chi connectivity index (χ4n) is 4.16. The molecule has 0 aliphatic carbocycles. The number of carboxylic acid groups (broad SMARTS) is 1. The van der Waals surface area contributed by atoms with Gasteiger partial charge in [0.1, 0.15) is 17.4 Å². The van der Waals surface area contributed by atoms with E-state index in [4.69, 9.17) is 15.6 Å². The van der Waals surface area contributed by atoms with E-state index in [1.54, 1.807) is 17.0 Å². The number of likely N-dealkylation sites (tertiary alicyclic amines) is 1. The van der Waals surface area contributed by atoms with Gasteiger partial charge >= 0.3 is 12.3 Å². The van der Waals surface area contributed by atoms with Gasteiger partial charge in [0.2, 0.25) is 11.8 Å². The van der Waals surface area contributed by atoms with Crippen LogP contribution >= 0.6 is 0 Å². The van der Waals surface area contributed by atoms with Crippen molar-refractivity contribution in [3.8, 4) is 22.8 Å². The molecule has 1 aliphatic rings. The molecule has 1 saturated heterocycles. The number of nitrogens with two attached hydrogens (primary N) is 1. The molecule has 0 unspecified atom stereocenters. The van der Waals surface area contributed by atoms with Gasteiger partial charge in [0.25, 0.3) is 5.91 Å². The number of rotatable bonds is 8. The van der Waals surface area contributed by atoms with E-state index < -0.39 is 18.2 Å². The van der Waals surface area contributed by atoms with Gasteiger partial charge in [-0.1, -0.05) is 24.3 Å². The number of nitrogens with zero attached hydrogens (tertiary/aromatic N) is 2. The van der Waals surface area contributed by atoms with Crippen LogP contribution in [0, 0.1) is 0 Å². The molecule has 0 radical (unpaired) electrons. The fourth-order valence-corrected chi connectivity index (χ4v) is 4.16. The highest BCUT2D eigenvalue weighted by Gasteiger charge is 2.31. The van der Waals surface area contributed by atoms with Crippen LogP contribution in [0.15, 0.2) is 60.8 Å². The molecule has 0 saturated carbocycles. The molecule has 1 fully saturated rings. The summed E-state index contributed by atoms with van der Waals surface area (Å²) in [4.78, 5) is 41.8. The normalized spacial score (nSPS) is 14.1. The maximum Gasteiger partial charge on any atom is 0.573 e. The Morgan fingerprint density at radius 1 is 1.00 bits per heavy atom. The predicted molar refractivity (Wildman–Crippen MR) is 132 cm³/mol. The number of ether oxygens (including phenoxy) is 2. The lowest BCUT2D eigenvalue weighted by molar-refractivity contribution is -0.274. The van der Waals surface area contributed by atoms with Crippen molar-refractivity contribution >= 4 is 17.8 Å². The van der Waals surface area contributed by atoms with Crippen molar-refractivity contribution in [3.05, 3.63) is 77.5 Å². The number of aromatic nitrogens is 1. The van der Waals surface area contributed by atoms with Gasteiger partial charge in [-0.05, 0) is 41.5 Å². The van der Waals surface area contributed by atoms with Crippen LogP contribution in [0.25, 0.3) is 11.1 Å². The summed E-state index contributed by atoms with van der Waals surface area (Å²) in [6.07, 6.45) is -2.62. The second-order valence-electron chi connectivity index (χ2n) is 8.89. The smallest absolute Gasteiger partial charge is 0.478 e. The highest BCUT2D eigenvalue weighted by molar-refractivity contribution is 5.96. The molecule has 1 aliphatic heterocycles. The summed E-state index contributed by atoms with van der Waals surface area (Å²) in [5.74, 6) is -2.25. The Kier molecular flexibility index (Phi) is 8.03. The number of piperidine rings is 1. The van der Waals surface area contributed by atoms with Crippen molar-refractivity contribution in [2.75, 3.05) is 13.1 Å². The fraction of sp³-hybridized carbons (Fsp3) is 0.259. The summed E-state index contributed by atoms with van der Waals surface area (Å²) in [7, 11) is 0. The molecule has 3 N–H and O–H groups in total. The molecular formula is C27H24F3N3O6. The van der Waals surface area contributed by atoms with Crippen molar-refractivity contribution in [1.82, 2.24) is 9.88 Å². The second-order valence-corrected chi connectivity index (χ2v) is 8.89. The minimum absolute atomic E-state index is 0.0279. The summed E-state index contributed by atoms with van der Waals surface area (Å²) >= 11 is 0. The third kappa shape index (κ3) is 7.24. The topological polar surface area (TPSA) is 132 Å². The molecule has 1 aromatic heterocycles. The number of primary amides is 1. The molecule has 3 aromatic rings. The van der Waals surface area contributed by atoms with Crippen molar-refractivity contribution < 1.29 is 42.1 Å². The maximum absolute atomic E-state index is 12.7. The Morgan fingerprint density at radius 2 is 1.64 bits per heavy atom. The first-order valence-electron chi connectivity index (χ1n) is 11.9. The van der Waals surface area contributed by atoms with E-state index in [1.165, 1.54) is 36.5 Å². The van der Waals surface area contributed by atoms with Crippen LogP contribution in [-0.4, -0.2) is 58.3 Å². The number of amides is 2. The maximum atomic E-state index is 12.7. The molecule has 9 nitrogen and oxygen atoms in total. The number of halogens is 3. The van der Waals surface area contributed by atoms with Gasteiger partial charge in [0.05, 0.1) is 12.0 Å². The minimum Gasteiger partial charge on any atom is -0.478 e. The Bertz CT molecular complexity index is 1350. The van der Waals surface area contributed by atoms with Gasteiger partial charge in [-0.2, -0.15) is 0 Å². The molecule has 12 heteroatoms. The first-order valence-corrected chi connectivity index (χ1v) is 11.9. The lowest BCUT2D eigenvalue weighted by Gasteiger charge is -2.32. The first kappa shape index (κ1) is 27.4. The van der Waals surface area contributed by atoms with Gasteiger partial charge in [-0.15, -0.1) is 13.2 Å². The Labute approximate surface area is 221 Å². The predicted octanol–water partition coefficient (Wildman–Crippen LogP) is 4.06. The van der Waals surface area contributed by atoms with E-state index in [9.17, 15) is 27.6 Å². The summed E-state index contributed by atoms with van der Waals surface area (Å²) < 4.78 is 46.7. The highest BCUT2D eigenvalue weighted by Crippen LogP contribution is 2.27. The quantitative estimate of drug-likeness (QED) is 0.438. The molecule has 0 bridgehead atoms. The van der Waals surface area contributed by atoms with Crippen LogP contribution in [0.5, 0.6) is 11.6 Å². The van der Waals surface area contributed by atoms with Gasteiger partial charge in [-0.25, -0.2) is 9.78 Å². The Balaban J connectivity index is 1.34. The zero-order chi connectivity index (χ0) is 28.2. The third-order valence-corrected chi connectivity index (χ3v) is 6.17. The molecule has 2 amide bonds. The van der Waals surface area contributed by atoms with E-state index in [2.05, 4.69) is 9.72 Å². The summed E-state index contributed by atoms with van der Waals surface area (Å²) in [6, 6.07) is 12.8. The monoisotopic (exact) mass is 543 g/mol. The number of carbonyl (C=O) groups excluding carboxylic acids is 2. The van der Waals surface area contributed by atoms with Gasteiger partial charge in [0, 0.05) is 37.7 Å². The average molecular weight is 543 g/mol. The second kappa shape index (κ2) is 11.4. The largest absolute Gasteiger partial charge is 0.573 e. The van der Waals surface area contributed by atoms with Crippen molar-refractivity contribution in [3.63, 3.8) is 0 Å².